The predicted octanol–water partition coefficient (Wildman–Crippen LogP) is 2.82. The van der Waals surface area contributed by atoms with Crippen molar-refractivity contribution in [2.24, 2.45) is 0 Å². The van der Waals surface area contributed by atoms with Gasteiger partial charge in [0.2, 0.25) is 5.82 Å². The summed E-state index contributed by atoms with van der Waals surface area (Å²) in [5.41, 5.74) is 0.558. The third-order valence-corrected chi connectivity index (χ3v) is 4.48. The van der Waals surface area contributed by atoms with Crippen LogP contribution in [0.15, 0.2) is 24.3 Å². The van der Waals surface area contributed by atoms with Gasteiger partial charge in [-0.1, -0.05) is 19.9 Å². The Morgan fingerprint density at radius 2 is 2.19 bits per heavy atom. The summed E-state index contributed by atoms with van der Waals surface area (Å²) in [6, 6.07) is 6.40. The zero-order chi connectivity index (χ0) is 18.0. The number of amides is 1. The maximum Gasteiger partial charge on any atom is 0.291 e. The number of nitrogens with one attached hydrogen (secondary N) is 2. The molecule has 2 N–H and O–H groups in total. The standard InChI is InChI=1S/C18H24FN5O.ClH/c1-11(2)17-22-16(18(25)21-15-8-5-9-20-12(15)3)23-24(17)14-7-4-6-13(19)10-14;/h4,6-7,10-12,15,20H,5,8-9H2,1-3H3,(H,21,25);1H. The highest BCUT2D eigenvalue weighted by Crippen LogP contribution is 2.18. The minimum atomic E-state index is -0.351. The van der Waals surface area contributed by atoms with Crippen LogP contribution in [0.2, 0.25) is 0 Å². The van der Waals surface area contributed by atoms with Crippen LogP contribution in [0.4, 0.5) is 4.39 Å². The number of aromatic nitrogens is 3. The maximum absolute atomic E-state index is 13.6. The molecule has 2 unspecified atom stereocenters. The normalized spacial score (nSPS) is 19.9. The second kappa shape index (κ2) is 8.60. The van der Waals surface area contributed by atoms with Crippen LogP contribution >= 0.6 is 12.4 Å². The highest BCUT2D eigenvalue weighted by Gasteiger charge is 2.26. The Kier molecular flexibility index (Phi) is 6.72. The highest BCUT2D eigenvalue weighted by molar-refractivity contribution is 5.90. The Balaban J connectivity index is 0.00000243. The lowest BCUT2D eigenvalue weighted by molar-refractivity contribution is 0.0909. The molecule has 1 amide bonds. The first-order chi connectivity index (χ1) is 12.0. The fourth-order valence-electron chi connectivity index (χ4n) is 3.07. The zero-order valence-corrected chi connectivity index (χ0v) is 16.0. The van der Waals surface area contributed by atoms with E-state index in [0.29, 0.717) is 11.5 Å². The van der Waals surface area contributed by atoms with E-state index in [1.54, 1.807) is 16.8 Å². The van der Waals surface area contributed by atoms with E-state index in [9.17, 15) is 9.18 Å². The fourth-order valence-corrected chi connectivity index (χ4v) is 3.07. The second-order valence-corrected chi connectivity index (χ2v) is 6.80. The summed E-state index contributed by atoms with van der Waals surface area (Å²) in [6.45, 7) is 6.96. The molecule has 2 heterocycles. The highest BCUT2D eigenvalue weighted by atomic mass is 35.5. The third-order valence-electron chi connectivity index (χ3n) is 4.48. The van der Waals surface area contributed by atoms with Crippen LogP contribution in [0.3, 0.4) is 0 Å². The molecular formula is C18H25ClFN5O. The van der Waals surface area contributed by atoms with Crippen molar-refractivity contribution in [2.75, 3.05) is 6.54 Å². The van der Waals surface area contributed by atoms with Crippen LogP contribution in [0, 0.1) is 5.82 Å². The van der Waals surface area contributed by atoms with Crippen molar-refractivity contribution in [3.63, 3.8) is 0 Å². The van der Waals surface area contributed by atoms with Gasteiger partial charge in [-0.15, -0.1) is 17.5 Å². The summed E-state index contributed by atoms with van der Waals surface area (Å²) < 4.78 is 15.1. The average Bonchev–Trinajstić information content (AvgIpc) is 3.03. The van der Waals surface area contributed by atoms with Gasteiger partial charge in [-0.25, -0.2) is 14.1 Å². The lowest BCUT2D eigenvalue weighted by atomic mass is 10.00. The molecule has 26 heavy (non-hydrogen) atoms. The van der Waals surface area contributed by atoms with E-state index in [0.717, 1.165) is 19.4 Å². The Morgan fingerprint density at radius 3 is 2.85 bits per heavy atom. The van der Waals surface area contributed by atoms with Crippen LogP contribution in [0.5, 0.6) is 0 Å². The molecule has 1 fully saturated rings. The monoisotopic (exact) mass is 381 g/mol. The van der Waals surface area contributed by atoms with Gasteiger partial charge in [0.1, 0.15) is 11.6 Å². The molecule has 1 aromatic heterocycles. The van der Waals surface area contributed by atoms with Crippen molar-refractivity contribution in [3.05, 3.63) is 41.7 Å². The topological polar surface area (TPSA) is 71.8 Å². The van der Waals surface area contributed by atoms with Gasteiger partial charge in [0.05, 0.1) is 5.69 Å². The average molecular weight is 382 g/mol. The van der Waals surface area contributed by atoms with Gasteiger partial charge in [0.15, 0.2) is 0 Å². The number of nitrogens with zero attached hydrogens (tertiary/aromatic N) is 3. The summed E-state index contributed by atoms with van der Waals surface area (Å²) in [6.07, 6.45) is 1.96. The molecule has 142 valence electrons. The summed E-state index contributed by atoms with van der Waals surface area (Å²) >= 11 is 0. The minimum Gasteiger partial charge on any atom is -0.345 e. The first-order valence-electron chi connectivity index (χ1n) is 8.73. The molecule has 1 aromatic carbocycles. The molecule has 1 aliphatic rings. The molecule has 0 radical (unpaired) electrons. The van der Waals surface area contributed by atoms with E-state index in [2.05, 4.69) is 27.6 Å². The van der Waals surface area contributed by atoms with E-state index >= 15 is 0 Å². The fraction of sp³-hybridized carbons (Fsp3) is 0.500. The second-order valence-electron chi connectivity index (χ2n) is 6.80. The molecular weight excluding hydrogens is 357 g/mol. The number of halogens is 2. The largest absolute Gasteiger partial charge is 0.345 e. The molecule has 0 spiro atoms. The smallest absolute Gasteiger partial charge is 0.291 e. The lowest BCUT2D eigenvalue weighted by Gasteiger charge is -2.30. The first kappa shape index (κ1) is 20.3. The molecule has 1 aliphatic heterocycles. The van der Waals surface area contributed by atoms with Crippen LogP contribution in [0.25, 0.3) is 5.69 Å². The zero-order valence-electron chi connectivity index (χ0n) is 15.2. The SMILES string of the molecule is CC(C)c1nc(C(=O)NC2CCCNC2C)nn1-c1cccc(F)c1.Cl. The Hall–Kier alpha value is -1.99. The first-order valence-corrected chi connectivity index (χ1v) is 8.73. The Morgan fingerprint density at radius 1 is 1.42 bits per heavy atom. The Bertz CT molecular complexity index is 764. The van der Waals surface area contributed by atoms with Gasteiger partial charge in [-0.2, -0.15) is 0 Å². The van der Waals surface area contributed by atoms with Crippen molar-refractivity contribution < 1.29 is 9.18 Å². The predicted molar refractivity (Wildman–Crippen MR) is 101 cm³/mol. The van der Waals surface area contributed by atoms with E-state index in [4.69, 9.17) is 0 Å². The number of rotatable bonds is 4. The van der Waals surface area contributed by atoms with Crippen molar-refractivity contribution >= 4 is 18.3 Å². The molecule has 1 saturated heterocycles. The summed E-state index contributed by atoms with van der Waals surface area (Å²) in [4.78, 5) is 17.0. The van der Waals surface area contributed by atoms with Crippen LogP contribution in [0.1, 0.15) is 56.0 Å². The molecule has 8 heteroatoms. The van der Waals surface area contributed by atoms with Gasteiger partial charge in [-0.3, -0.25) is 4.79 Å². The minimum absolute atomic E-state index is 0. The van der Waals surface area contributed by atoms with E-state index in [1.165, 1.54) is 12.1 Å². The summed E-state index contributed by atoms with van der Waals surface area (Å²) in [7, 11) is 0. The molecule has 0 saturated carbocycles. The quantitative estimate of drug-likeness (QED) is 0.854. The van der Waals surface area contributed by atoms with Gasteiger partial charge in [-0.05, 0) is 44.5 Å². The van der Waals surface area contributed by atoms with Crippen molar-refractivity contribution in [2.45, 2.75) is 51.6 Å². The number of hydrogen-bond donors (Lipinski definition) is 2. The number of carbonyl (C=O) groups excluding carboxylic acids is 1. The van der Waals surface area contributed by atoms with E-state index in [-0.39, 0.29) is 48.0 Å². The van der Waals surface area contributed by atoms with Crippen LogP contribution in [-0.2, 0) is 0 Å². The van der Waals surface area contributed by atoms with E-state index < -0.39 is 0 Å². The number of carbonyl (C=O) groups is 1. The summed E-state index contributed by atoms with van der Waals surface area (Å²) in [5.74, 6) is 0.150. The number of hydrogen-bond acceptors (Lipinski definition) is 4. The van der Waals surface area contributed by atoms with Crippen LogP contribution in [-0.4, -0.2) is 39.3 Å². The number of benzene rings is 1. The number of piperidine rings is 1. The van der Waals surface area contributed by atoms with E-state index in [1.807, 2.05) is 13.8 Å². The molecule has 6 nitrogen and oxygen atoms in total. The molecule has 3 rings (SSSR count). The van der Waals surface area contributed by atoms with Crippen molar-refractivity contribution in [1.82, 2.24) is 25.4 Å². The molecule has 0 bridgehead atoms. The van der Waals surface area contributed by atoms with Gasteiger partial charge in [0, 0.05) is 18.0 Å². The van der Waals surface area contributed by atoms with Crippen molar-refractivity contribution in [1.29, 1.82) is 0 Å². The molecule has 2 atom stereocenters. The molecule has 2 aromatic rings. The third kappa shape index (κ3) is 4.40. The Labute approximate surface area is 159 Å². The van der Waals surface area contributed by atoms with Gasteiger partial charge in [0.25, 0.3) is 5.91 Å². The van der Waals surface area contributed by atoms with Crippen LogP contribution < -0.4 is 10.6 Å². The van der Waals surface area contributed by atoms with Crippen molar-refractivity contribution in [3.8, 4) is 5.69 Å². The maximum atomic E-state index is 13.6. The van der Waals surface area contributed by atoms with Gasteiger partial charge >= 0.3 is 0 Å². The van der Waals surface area contributed by atoms with Gasteiger partial charge < -0.3 is 10.6 Å². The molecule has 0 aliphatic carbocycles. The lowest BCUT2D eigenvalue weighted by Crippen LogP contribution is -2.52. The summed E-state index contributed by atoms with van der Waals surface area (Å²) in [5, 5.41) is 10.7.